The molecule has 2 rings (SSSR count). The molecular weight excluding hydrogens is 260 g/mol. The van der Waals surface area contributed by atoms with Gasteiger partial charge in [-0.1, -0.05) is 25.5 Å². The van der Waals surface area contributed by atoms with Gasteiger partial charge in [0.2, 0.25) is 0 Å². The topological polar surface area (TPSA) is 38.5 Å². The first-order valence-electron chi connectivity index (χ1n) is 8.37. The normalized spacial score (nSPS) is 22.8. The minimum Gasteiger partial charge on any atom is -0.494 e. The van der Waals surface area contributed by atoms with Gasteiger partial charge in [-0.3, -0.25) is 4.90 Å². The highest BCUT2D eigenvalue weighted by atomic mass is 16.5. The van der Waals surface area contributed by atoms with Crippen molar-refractivity contribution < 1.29 is 4.74 Å². The van der Waals surface area contributed by atoms with Crippen molar-refractivity contribution in [2.24, 2.45) is 5.73 Å². The Balaban J connectivity index is 2.05. The van der Waals surface area contributed by atoms with Crippen LogP contribution in [-0.2, 0) is 0 Å². The number of benzene rings is 1. The van der Waals surface area contributed by atoms with Crippen molar-refractivity contribution in [3.63, 3.8) is 0 Å². The quantitative estimate of drug-likeness (QED) is 0.867. The number of hydrogen-bond acceptors (Lipinski definition) is 3. The molecule has 2 N–H and O–H groups in total. The zero-order valence-electron chi connectivity index (χ0n) is 13.7. The second-order valence-corrected chi connectivity index (χ2v) is 6.25. The van der Waals surface area contributed by atoms with E-state index in [9.17, 15) is 0 Å². The minimum atomic E-state index is 0.236. The van der Waals surface area contributed by atoms with Crippen LogP contribution in [0.15, 0.2) is 24.3 Å². The zero-order valence-corrected chi connectivity index (χ0v) is 13.7. The van der Waals surface area contributed by atoms with Gasteiger partial charge in [0, 0.05) is 18.1 Å². The number of nitrogens with two attached hydrogens (primary N) is 1. The summed E-state index contributed by atoms with van der Waals surface area (Å²) in [6.07, 6.45) is 4.85. The van der Waals surface area contributed by atoms with Crippen LogP contribution in [0.4, 0.5) is 0 Å². The highest BCUT2D eigenvalue weighted by Crippen LogP contribution is 2.30. The van der Waals surface area contributed by atoms with E-state index in [0.29, 0.717) is 12.1 Å². The maximum absolute atomic E-state index is 6.19. The summed E-state index contributed by atoms with van der Waals surface area (Å²) in [4.78, 5) is 2.58. The molecule has 1 saturated heterocycles. The molecule has 1 aromatic rings. The molecular formula is C18H30N2O. The maximum atomic E-state index is 6.19. The van der Waals surface area contributed by atoms with Crippen molar-refractivity contribution in [3.05, 3.63) is 29.8 Å². The summed E-state index contributed by atoms with van der Waals surface area (Å²) in [5.74, 6) is 0.968. The van der Waals surface area contributed by atoms with Crippen LogP contribution in [0.25, 0.3) is 0 Å². The van der Waals surface area contributed by atoms with Gasteiger partial charge in [0.15, 0.2) is 0 Å². The van der Waals surface area contributed by atoms with Gasteiger partial charge in [0.05, 0.1) is 6.61 Å². The van der Waals surface area contributed by atoms with Gasteiger partial charge in [0.1, 0.15) is 5.75 Å². The Morgan fingerprint density at radius 2 is 1.95 bits per heavy atom. The summed E-state index contributed by atoms with van der Waals surface area (Å²) in [5.41, 5.74) is 7.54. The lowest BCUT2D eigenvalue weighted by Crippen LogP contribution is -2.49. The van der Waals surface area contributed by atoms with Gasteiger partial charge in [0.25, 0.3) is 0 Å². The van der Waals surface area contributed by atoms with E-state index in [1.807, 2.05) is 0 Å². The second kappa shape index (κ2) is 7.81. The average molecular weight is 290 g/mol. The molecule has 3 nitrogen and oxygen atoms in total. The molecule has 1 heterocycles. The zero-order chi connectivity index (χ0) is 15.2. The van der Waals surface area contributed by atoms with Gasteiger partial charge < -0.3 is 10.5 Å². The van der Waals surface area contributed by atoms with Crippen LogP contribution in [0, 0.1) is 0 Å². The molecule has 0 bridgehead atoms. The van der Waals surface area contributed by atoms with Gasteiger partial charge in [-0.15, -0.1) is 0 Å². The molecule has 1 aliphatic heterocycles. The lowest BCUT2D eigenvalue weighted by atomic mass is 9.93. The number of ether oxygens (including phenoxy) is 1. The molecule has 3 heteroatoms. The van der Waals surface area contributed by atoms with Crippen LogP contribution >= 0.6 is 0 Å². The van der Waals surface area contributed by atoms with E-state index >= 15 is 0 Å². The molecule has 3 unspecified atom stereocenters. The Bertz CT molecular complexity index is 416. The third-order valence-electron chi connectivity index (χ3n) is 4.53. The highest BCUT2D eigenvalue weighted by molar-refractivity contribution is 5.29. The summed E-state index contributed by atoms with van der Waals surface area (Å²) in [7, 11) is 0. The number of likely N-dealkylation sites (tertiary alicyclic amines) is 1. The molecule has 1 aromatic carbocycles. The Kier molecular flexibility index (Phi) is 6.07. The molecule has 0 saturated carbocycles. The smallest absolute Gasteiger partial charge is 0.119 e. The van der Waals surface area contributed by atoms with Crippen molar-refractivity contribution in [2.75, 3.05) is 13.2 Å². The minimum absolute atomic E-state index is 0.236. The third kappa shape index (κ3) is 4.21. The Morgan fingerprint density at radius 1 is 1.24 bits per heavy atom. The Hall–Kier alpha value is -1.06. The number of nitrogens with zero attached hydrogens (tertiary/aromatic N) is 1. The maximum Gasteiger partial charge on any atom is 0.119 e. The first kappa shape index (κ1) is 16.3. The first-order valence-corrected chi connectivity index (χ1v) is 8.37. The summed E-state index contributed by atoms with van der Waals surface area (Å²) >= 11 is 0. The van der Waals surface area contributed by atoms with Crippen LogP contribution in [0.3, 0.4) is 0 Å². The molecule has 3 atom stereocenters. The van der Waals surface area contributed by atoms with E-state index in [0.717, 1.165) is 25.3 Å². The van der Waals surface area contributed by atoms with Crippen LogP contribution in [0.5, 0.6) is 5.75 Å². The Morgan fingerprint density at radius 3 is 2.57 bits per heavy atom. The van der Waals surface area contributed by atoms with Crippen molar-refractivity contribution in [1.82, 2.24) is 4.90 Å². The predicted octanol–water partition coefficient (Wildman–Crippen LogP) is 3.74. The van der Waals surface area contributed by atoms with Crippen LogP contribution in [0.2, 0.25) is 0 Å². The Labute approximate surface area is 129 Å². The van der Waals surface area contributed by atoms with Gasteiger partial charge in [-0.05, 0) is 57.4 Å². The molecule has 1 fully saturated rings. The van der Waals surface area contributed by atoms with Crippen molar-refractivity contribution in [2.45, 2.75) is 64.6 Å². The van der Waals surface area contributed by atoms with Gasteiger partial charge in [-0.2, -0.15) is 0 Å². The molecule has 1 aliphatic rings. The van der Waals surface area contributed by atoms with E-state index in [1.165, 1.54) is 24.8 Å². The fraction of sp³-hybridized carbons (Fsp3) is 0.667. The summed E-state index contributed by atoms with van der Waals surface area (Å²) in [6.45, 7) is 8.50. The van der Waals surface area contributed by atoms with E-state index in [2.05, 4.69) is 49.9 Å². The van der Waals surface area contributed by atoms with Crippen LogP contribution in [-0.4, -0.2) is 30.1 Å². The third-order valence-corrected chi connectivity index (χ3v) is 4.53. The molecule has 0 aliphatic carbocycles. The number of hydrogen-bond donors (Lipinski definition) is 1. The lowest BCUT2D eigenvalue weighted by Gasteiger charge is -2.42. The molecule has 0 radical (unpaired) electrons. The largest absolute Gasteiger partial charge is 0.494 e. The first-order chi connectivity index (χ1) is 10.1. The molecule has 21 heavy (non-hydrogen) atoms. The fourth-order valence-corrected chi connectivity index (χ4v) is 3.28. The van der Waals surface area contributed by atoms with E-state index in [1.54, 1.807) is 0 Å². The number of piperidine rings is 1. The highest BCUT2D eigenvalue weighted by Gasteiger charge is 2.29. The van der Waals surface area contributed by atoms with Crippen LogP contribution < -0.4 is 10.5 Å². The monoisotopic (exact) mass is 290 g/mol. The molecule has 0 spiro atoms. The van der Waals surface area contributed by atoms with E-state index in [-0.39, 0.29) is 6.04 Å². The average Bonchev–Trinajstić information content (AvgIpc) is 2.52. The molecule has 118 valence electrons. The number of rotatable bonds is 6. The second-order valence-electron chi connectivity index (χ2n) is 6.25. The molecule has 0 amide bonds. The summed E-state index contributed by atoms with van der Waals surface area (Å²) in [6, 6.07) is 9.73. The van der Waals surface area contributed by atoms with Crippen molar-refractivity contribution in [1.29, 1.82) is 0 Å². The molecule has 0 aromatic heterocycles. The lowest BCUT2D eigenvalue weighted by molar-refractivity contribution is 0.0890. The predicted molar refractivity (Wildman–Crippen MR) is 88.6 cm³/mol. The summed E-state index contributed by atoms with van der Waals surface area (Å²) in [5, 5.41) is 0. The van der Waals surface area contributed by atoms with E-state index in [4.69, 9.17) is 10.5 Å². The van der Waals surface area contributed by atoms with Crippen molar-refractivity contribution >= 4 is 0 Å². The fourth-order valence-electron chi connectivity index (χ4n) is 3.28. The van der Waals surface area contributed by atoms with E-state index < -0.39 is 0 Å². The van der Waals surface area contributed by atoms with Crippen LogP contribution in [0.1, 0.15) is 58.1 Å². The SMILES string of the molecule is CCCOc1ccc(C(C)N2CCCCC2C(C)N)cc1. The van der Waals surface area contributed by atoms with Gasteiger partial charge >= 0.3 is 0 Å². The van der Waals surface area contributed by atoms with Crippen molar-refractivity contribution in [3.8, 4) is 5.75 Å². The van der Waals surface area contributed by atoms with Gasteiger partial charge in [-0.25, -0.2) is 0 Å². The standard InChI is InChI=1S/C18H30N2O/c1-4-13-21-17-10-8-16(9-11-17)15(3)20-12-6-5-7-18(20)14(2)19/h8-11,14-15,18H,4-7,12-13,19H2,1-3H3. The summed E-state index contributed by atoms with van der Waals surface area (Å²) < 4.78 is 5.66.